The van der Waals surface area contributed by atoms with Crippen molar-refractivity contribution in [2.75, 3.05) is 11.8 Å². The van der Waals surface area contributed by atoms with Crippen molar-refractivity contribution in [1.82, 2.24) is 0 Å². The molecule has 1 heterocycles. The number of ether oxygens (including phenoxy) is 1. The molecule has 8 heteroatoms. The summed E-state index contributed by atoms with van der Waals surface area (Å²) in [7, 11) is -2.64. The Morgan fingerprint density at radius 2 is 1.68 bits per heavy atom. The van der Waals surface area contributed by atoms with E-state index >= 15 is 0 Å². The fraction of sp³-hybridized carbons (Fsp3) is 0.308. The van der Waals surface area contributed by atoms with Gasteiger partial charge in [-0.2, -0.15) is 8.42 Å². The highest BCUT2D eigenvalue weighted by atomic mass is 32.2. The van der Waals surface area contributed by atoms with Gasteiger partial charge in [0.05, 0.1) is 12.7 Å². The van der Waals surface area contributed by atoms with Crippen molar-refractivity contribution in [3.8, 4) is 17.1 Å². The van der Waals surface area contributed by atoms with E-state index in [9.17, 15) is 18.0 Å². The Morgan fingerprint density at radius 1 is 1.00 bits per heavy atom. The second-order valence-electron chi connectivity index (χ2n) is 9.46. The van der Waals surface area contributed by atoms with Crippen LogP contribution in [0.2, 0.25) is 0 Å². The van der Waals surface area contributed by atoms with Crippen LogP contribution in [0.5, 0.6) is 5.75 Å². The summed E-state index contributed by atoms with van der Waals surface area (Å²) in [5.41, 5.74) is 3.09. The molecule has 0 saturated carbocycles. The summed E-state index contributed by atoms with van der Waals surface area (Å²) < 4.78 is 39.8. The van der Waals surface area contributed by atoms with Crippen LogP contribution in [0.1, 0.15) is 64.1 Å². The first-order chi connectivity index (χ1) is 16.0. The first kappa shape index (κ1) is 22.4. The van der Waals surface area contributed by atoms with Gasteiger partial charge in [0.2, 0.25) is 16.7 Å². The van der Waals surface area contributed by atoms with Crippen LogP contribution in [0, 0.1) is 6.92 Å². The van der Waals surface area contributed by atoms with E-state index in [-0.39, 0.29) is 27.4 Å². The zero-order valence-electron chi connectivity index (χ0n) is 19.4. The second kappa shape index (κ2) is 7.56. The summed E-state index contributed by atoms with van der Waals surface area (Å²) in [6.07, 6.45) is 2.60. The average Bonchev–Trinajstić information content (AvgIpc) is 3.15. The largest absolute Gasteiger partial charge is 0.497 e. The van der Waals surface area contributed by atoms with E-state index in [0.29, 0.717) is 29.0 Å². The van der Waals surface area contributed by atoms with Gasteiger partial charge in [0.1, 0.15) is 11.5 Å². The van der Waals surface area contributed by atoms with Gasteiger partial charge in [-0.1, -0.05) is 26.0 Å². The monoisotopic (exact) mass is 479 g/mol. The molecule has 0 fully saturated rings. The molecule has 7 nitrogen and oxygen atoms in total. The van der Waals surface area contributed by atoms with Crippen LogP contribution >= 0.6 is 0 Å². The molecule has 0 spiro atoms. The highest BCUT2D eigenvalue weighted by Gasteiger charge is 2.42. The number of anilines is 1. The third-order valence-electron chi connectivity index (χ3n) is 6.86. The lowest BCUT2D eigenvalue weighted by Gasteiger charge is -2.34. The van der Waals surface area contributed by atoms with E-state index in [1.54, 1.807) is 30.3 Å². The van der Waals surface area contributed by atoms with Crippen LogP contribution in [0.25, 0.3) is 11.3 Å². The number of furan rings is 1. The van der Waals surface area contributed by atoms with Crippen LogP contribution in [-0.4, -0.2) is 27.1 Å². The van der Waals surface area contributed by atoms with Crippen molar-refractivity contribution >= 4 is 27.3 Å². The maximum absolute atomic E-state index is 13.3. The maximum atomic E-state index is 13.3. The molecule has 176 valence electrons. The molecule has 0 aliphatic heterocycles. The van der Waals surface area contributed by atoms with Gasteiger partial charge in [-0.3, -0.25) is 14.3 Å². The molecule has 2 aromatic carbocycles. The molecule has 3 aromatic rings. The second-order valence-corrected chi connectivity index (χ2v) is 11.0. The number of nitrogens with one attached hydrogen (secondary N) is 1. The number of carbonyl (C=O) groups excluding carboxylic acids is 2. The first-order valence-electron chi connectivity index (χ1n) is 11.1. The van der Waals surface area contributed by atoms with Gasteiger partial charge in [0.25, 0.3) is 10.0 Å². The minimum Gasteiger partial charge on any atom is -0.497 e. The smallest absolute Gasteiger partial charge is 0.295 e. The zero-order chi connectivity index (χ0) is 24.4. The minimum atomic E-state index is -4.16. The number of hydrogen-bond acceptors (Lipinski definition) is 6. The van der Waals surface area contributed by atoms with Crippen molar-refractivity contribution in [3.05, 3.63) is 64.2 Å². The van der Waals surface area contributed by atoms with Gasteiger partial charge < -0.3 is 9.15 Å². The molecular formula is C26H25NO6S. The molecular weight excluding hydrogens is 454 g/mol. The Labute approximate surface area is 198 Å². The fourth-order valence-corrected chi connectivity index (χ4v) is 6.37. The van der Waals surface area contributed by atoms with E-state index in [2.05, 4.69) is 18.6 Å². The molecule has 0 amide bonds. The Balaban J connectivity index is 1.64. The summed E-state index contributed by atoms with van der Waals surface area (Å²) >= 11 is 0. The zero-order valence-corrected chi connectivity index (χ0v) is 20.3. The van der Waals surface area contributed by atoms with Crippen molar-refractivity contribution in [1.29, 1.82) is 0 Å². The van der Waals surface area contributed by atoms with Gasteiger partial charge in [0, 0.05) is 22.4 Å². The lowest BCUT2D eigenvalue weighted by molar-refractivity contribution is 0.0813. The lowest BCUT2D eigenvalue weighted by atomic mass is 9.69. The van der Waals surface area contributed by atoms with Crippen molar-refractivity contribution in [3.63, 3.8) is 0 Å². The van der Waals surface area contributed by atoms with Crippen LogP contribution < -0.4 is 9.46 Å². The highest BCUT2D eigenvalue weighted by molar-refractivity contribution is 7.92. The normalized spacial score (nSPS) is 16.5. The molecule has 0 radical (unpaired) electrons. The molecule has 5 rings (SSSR count). The summed E-state index contributed by atoms with van der Waals surface area (Å²) in [5.74, 6) is -0.613. The average molecular weight is 480 g/mol. The summed E-state index contributed by atoms with van der Waals surface area (Å²) in [5, 5.41) is -0.375. The molecule has 0 bridgehead atoms. The van der Waals surface area contributed by atoms with E-state index < -0.39 is 21.6 Å². The van der Waals surface area contributed by atoms with E-state index in [1.165, 1.54) is 14.0 Å². The number of ketones is 2. The van der Waals surface area contributed by atoms with Crippen LogP contribution in [0.15, 0.2) is 45.9 Å². The number of Topliss-reactive ketones (excluding diaryl/α,β-unsaturated/α-hetero) is 2. The van der Waals surface area contributed by atoms with Crippen LogP contribution in [-0.2, 0) is 21.9 Å². The number of benzene rings is 2. The SMILES string of the molecule is COc1ccc(NS(=O)(=O)c2oc3c(c2C)C(=O)C(=O)c2c-3ccc3c2CCCC3(C)C)cc1. The molecule has 2 aliphatic rings. The number of rotatable bonds is 4. The molecule has 1 aromatic heterocycles. The first-order valence-corrected chi connectivity index (χ1v) is 12.6. The number of fused-ring (bicyclic) bond motifs is 5. The maximum Gasteiger partial charge on any atom is 0.295 e. The van der Waals surface area contributed by atoms with E-state index in [0.717, 1.165) is 24.0 Å². The number of sulfonamides is 1. The Hall–Kier alpha value is -3.39. The lowest BCUT2D eigenvalue weighted by Crippen LogP contribution is -2.29. The predicted octanol–water partition coefficient (Wildman–Crippen LogP) is 5.06. The minimum absolute atomic E-state index is 0.0163. The van der Waals surface area contributed by atoms with Gasteiger partial charge in [0.15, 0.2) is 0 Å². The van der Waals surface area contributed by atoms with Gasteiger partial charge in [-0.05, 0) is 67.0 Å². The van der Waals surface area contributed by atoms with Gasteiger partial charge in [-0.15, -0.1) is 0 Å². The highest BCUT2D eigenvalue weighted by Crippen LogP contribution is 2.46. The Bertz CT molecular complexity index is 1460. The fourth-order valence-electron chi connectivity index (χ4n) is 5.13. The molecule has 0 atom stereocenters. The summed E-state index contributed by atoms with van der Waals surface area (Å²) in [6, 6.07) is 10.1. The summed E-state index contributed by atoms with van der Waals surface area (Å²) in [6.45, 7) is 5.75. The van der Waals surface area contributed by atoms with Crippen LogP contribution in [0.4, 0.5) is 5.69 Å². The topological polar surface area (TPSA) is 103 Å². The van der Waals surface area contributed by atoms with Crippen molar-refractivity contribution in [2.24, 2.45) is 0 Å². The van der Waals surface area contributed by atoms with Gasteiger partial charge in [-0.25, -0.2) is 0 Å². The predicted molar refractivity (Wildman–Crippen MR) is 127 cm³/mol. The quantitative estimate of drug-likeness (QED) is 0.525. The number of carbonyl (C=O) groups is 2. The van der Waals surface area contributed by atoms with Crippen molar-refractivity contribution in [2.45, 2.75) is 50.5 Å². The third-order valence-corrected chi connectivity index (χ3v) is 8.25. The Morgan fingerprint density at radius 3 is 2.35 bits per heavy atom. The van der Waals surface area contributed by atoms with E-state index in [4.69, 9.17) is 9.15 Å². The standard InChI is InChI=1S/C26H25NO6S/c1-14-20-22(28)23(29)21-17-6-5-13-26(2,3)19(17)12-11-18(21)24(20)33-25(14)34(30,31)27-15-7-9-16(32-4)10-8-15/h7-12,27H,5-6,13H2,1-4H3. The molecule has 34 heavy (non-hydrogen) atoms. The molecule has 2 aliphatic carbocycles. The summed E-state index contributed by atoms with van der Waals surface area (Å²) in [4.78, 5) is 26.4. The van der Waals surface area contributed by atoms with Crippen LogP contribution in [0.3, 0.4) is 0 Å². The molecule has 0 unspecified atom stereocenters. The molecule has 0 saturated heterocycles. The third kappa shape index (κ3) is 3.27. The molecule has 1 N–H and O–H groups in total. The Kier molecular flexibility index (Phi) is 4.98. The van der Waals surface area contributed by atoms with Crippen molar-refractivity contribution < 1.29 is 27.2 Å². The number of hydrogen-bond donors (Lipinski definition) is 1. The van der Waals surface area contributed by atoms with Gasteiger partial charge >= 0.3 is 0 Å². The van der Waals surface area contributed by atoms with E-state index in [1.807, 2.05) is 6.07 Å². The number of methoxy groups -OCH3 is 1.